The molecule has 0 atom stereocenters. The number of nitrogens with one attached hydrogen (secondary N) is 1. The highest BCUT2D eigenvalue weighted by molar-refractivity contribution is 5.86. The number of benzene rings is 1. The largest absolute Gasteiger partial charge is 0.369 e. The van der Waals surface area contributed by atoms with Crippen molar-refractivity contribution in [2.75, 3.05) is 18.5 Å². The summed E-state index contributed by atoms with van der Waals surface area (Å²) in [6.07, 6.45) is 4.86. The first-order valence-electron chi connectivity index (χ1n) is 6.93. The van der Waals surface area contributed by atoms with Crippen molar-refractivity contribution in [1.82, 2.24) is 9.97 Å². The Hall–Kier alpha value is -2.44. The van der Waals surface area contributed by atoms with Crippen LogP contribution in [0.5, 0.6) is 0 Å². The molecule has 1 fully saturated rings. The van der Waals surface area contributed by atoms with Gasteiger partial charge in [-0.05, 0) is 18.4 Å². The predicted molar refractivity (Wildman–Crippen MR) is 79.6 cm³/mol. The lowest BCUT2D eigenvalue weighted by Gasteiger charge is -2.19. The molecule has 0 bridgehead atoms. The maximum absolute atomic E-state index is 11.7. The van der Waals surface area contributed by atoms with Crippen molar-refractivity contribution in [3.05, 3.63) is 38.9 Å². The van der Waals surface area contributed by atoms with Gasteiger partial charge in [0.2, 0.25) is 0 Å². The van der Waals surface area contributed by atoms with E-state index >= 15 is 0 Å². The normalized spacial score (nSPS) is 14.3. The molecule has 0 saturated heterocycles. The van der Waals surface area contributed by atoms with Crippen LogP contribution in [-0.4, -0.2) is 28.5 Å². The highest BCUT2D eigenvalue weighted by Crippen LogP contribution is 2.35. The van der Waals surface area contributed by atoms with Gasteiger partial charge in [-0.15, -0.1) is 0 Å². The highest BCUT2D eigenvalue weighted by Gasteiger charge is 2.24. The van der Waals surface area contributed by atoms with E-state index in [1.807, 2.05) is 11.9 Å². The molecule has 0 aliphatic heterocycles. The van der Waals surface area contributed by atoms with Crippen LogP contribution in [0, 0.1) is 16.0 Å². The molecule has 7 nitrogen and oxygen atoms in total. The number of anilines is 1. The number of hydrogen-bond donors (Lipinski definition) is 1. The molecular weight excluding hydrogens is 272 g/mol. The van der Waals surface area contributed by atoms with E-state index in [1.54, 1.807) is 6.07 Å². The van der Waals surface area contributed by atoms with E-state index in [0.29, 0.717) is 11.2 Å². The number of nitro benzene ring substituents is 1. The quantitative estimate of drug-likeness (QED) is 0.671. The summed E-state index contributed by atoms with van der Waals surface area (Å²) in [5, 5.41) is 11.5. The fourth-order valence-electron chi connectivity index (χ4n) is 2.45. The van der Waals surface area contributed by atoms with E-state index in [-0.39, 0.29) is 16.6 Å². The molecule has 1 saturated carbocycles. The number of fused-ring (bicyclic) bond motifs is 1. The molecule has 0 unspecified atom stereocenters. The third-order valence-corrected chi connectivity index (χ3v) is 3.91. The minimum Gasteiger partial charge on any atom is -0.369 e. The Balaban J connectivity index is 2.03. The molecule has 1 aromatic heterocycles. The van der Waals surface area contributed by atoms with Gasteiger partial charge in [-0.1, -0.05) is 12.8 Å². The second-order valence-electron chi connectivity index (χ2n) is 5.50. The van der Waals surface area contributed by atoms with Gasteiger partial charge in [0.05, 0.1) is 22.2 Å². The summed E-state index contributed by atoms with van der Waals surface area (Å²) in [7, 11) is 1.84. The molecule has 7 heteroatoms. The standard InChI is InChI=1S/C14H16N4O3/c1-17(5-4-9-2-3-9)12-7-11-10(6-13(12)18(20)21)14(19)16-8-15-11/h6-9H,2-5H2,1H3,(H,15,16,19). The summed E-state index contributed by atoms with van der Waals surface area (Å²) < 4.78 is 0. The molecule has 2 aromatic rings. The number of rotatable bonds is 5. The van der Waals surface area contributed by atoms with Crippen LogP contribution in [0.15, 0.2) is 23.3 Å². The molecule has 110 valence electrons. The zero-order chi connectivity index (χ0) is 15.0. The second-order valence-corrected chi connectivity index (χ2v) is 5.50. The molecule has 1 aromatic carbocycles. The van der Waals surface area contributed by atoms with Gasteiger partial charge in [-0.3, -0.25) is 14.9 Å². The van der Waals surface area contributed by atoms with Crippen LogP contribution >= 0.6 is 0 Å². The van der Waals surface area contributed by atoms with Crippen molar-refractivity contribution in [2.45, 2.75) is 19.3 Å². The minimum absolute atomic E-state index is 0.0562. The third kappa shape index (κ3) is 2.72. The molecule has 1 aliphatic carbocycles. The topological polar surface area (TPSA) is 92.1 Å². The summed E-state index contributed by atoms with van der Waals surface area (Å²) in [6.45, 7) is 0.764. The van der Waals surface area contributed by atoms with Gasteiger partial charge in [-0.2, -0.15) is 0 Å². The van der Waals surface area contributed by atoms with E-state index in [4.69, 9.17) is 0 Å². The summed E-state index contributed by atoms with van der Waals surface area (Å²) in [5.74, 6) is 0.757. The Morgan fingerprint density at radius 1 is 1.48 bits per heavy atom. The van der Waals surface area contributed by atoms with Crippen molar-refractivity contribution < 1.29 is 4.92 Å². The second kappa shape index (κ2) is 5.16. The van der Waals surface area contributed by atoms with Crippen LogP contribution in [-0.2, 0) is 0 Å². The van der Waals surface area contributed by atoms with Crippen LogP contribution in [0.1, 0.15) is 19.3 Å². The van der Waals surface area contributed by atoms with Crippen LogP contribution in [0.4, 0.5) is 11.4 Å². The average molecular weight is 288 g/mol. The van der Waals surface area contributed by atoms with Crippen molar-refractivity contribution in [3.63, 3.8) is 0 Å². The van der Waals surface area contributed by atoms with Crippen molar-refractivity contribution in [3.8, 4) is 0 Å². The smallest absolute Gasteiger partial charge is 0.293 e. The van der Waals surface area contributed by atoms with E-state index in [0.717, 1.165) is 18.9 Å². The summed E-state index contributed by atoms with van der Waals surface area (Å²) in [5.41, 5.74) is 0.554. The van der Waals surface area contributed by atoms with Gasteiger partial charge < -0.3 is 9.88 Å². The Labute approximate surface area is 120 Å². The fourth-order valence-corrected chi connectivity index (χ4v) is 2.45. The first-order valence-corrected chi connectivity index (χ1v) is 6.93. The van der Waals surface area contributed by atoms with Crippen molar-refractivity contribution >= 4 is 22.3 Å². The fraction of sp³-hybridized carbons (Fsp3) is 0.429. The maximum Gasteiger partial charge on any atom is 0.293 e. The summed E-state index contributed by atoms with van der Waals surface area (Å²) >= 11 is 0. The van der Waals surface area contributed by atoms with Crippen LogP contribution in [0.2, 0.25) is 0 Å². The number of aromatic amines is 1. The Morgan fingerprint density at radius 2 is 2.24 bits per heavy atom. The molecule has 0 radical (unpaired) electrons. The molecule has 0 amide bonds. The Kier molecular flexibility index (Phi) is 3.32. The molecule has 21 heavy (non-hydrogen) atoms. The van der Waals surface area contributed by atoms with Gasteiger partial charge in [0, 0.05) is 19.7 Å². The monoisotopic (exact) mass is 288 g/mol. The maximum atomic E-state index is 11.7. The molecular formula is C14H16N4O3. The molecule has 3 rings (SSSR count). The minimum atomic E-state index is -0.450. The first kappa shape index (κ1) is 13.5. The van der Waals surface area contributed by atoms with Crippen LogP contribution in [0.25, 0.3) is 10.9 Å². The number of nitrogens with zero attached hydrogens (tertiary/aromatic N) is 3. The summed E-state index contributed by atoms with van der Waals surface area (Å²) in [6, 6.07) is 2.93. The van der Waals surface area contributed by atoms with E-state index in [1.165, 1.54) is 25.2 Å². The molecule has 1 heterocycles. The predicted octanol–water partition coefficient (Wildman–Crippen LogP) is 2.07. The SMILES string of the molecule is CN(CCC1CC1)c1cc2nc[nH]c(=O)c2cc1[N+](=O)[O-]. The zero-order valence-electron chi connectivity index (χ0n) is 11.7. The van der Waals surface area contributed by atoms with Crippen molar-refractivity contribution in [2.24, 2.45) is 5.92 Å². The zero-order valence-corrected chi connectivity index (χ0v) is 11.7. The first-order chi connectivity index (χ1) is 10.1. The highest BCUT2D eigenvalue weighted by atomic mass is 16.6. The van der Waals surface area contributed by atoms with E-state index < -0.39 is 4.92 Å². The van der Waals surface area contributed by atoms with Crippen LogP contribution in [0.3, 0.4) is 0 Å². The number of aromatic nitrogens is 2. The van der Waals surface area contributed by atoms with E-state index in [2.05, 4.69) is 9.97 Å². The van der Waals surface area contributed by atoms with E-state index in [9.17, 15) is 14.9 Å². The third-order valence-electron chi connectivity index (χ3n) is 3.91. The van der Waals surface area contributed by atoms with Crippen LogP contribution < -0.4 is 10.5 Å². The van der Waals surface area contributed by atoms with Crippen molar-refractivity contribution in [1.29, 1.82) is 0 Å². The molecule has 1 aliphatic rings. The Morgan fingerprint density at radius 3 is 2.90 bits per heavy atom. The van der Waals surface area contributed by atoms with Gasteiger partial charge in [0.25, 0.3) is 11.2 Å². The van der Waals surface area contributed by atoms with Gasteiger partial charge in [0.1, 0.15) is 5.69 Å². The number of hydrogen-bond acceptors (Lipinski definition) is 5. The Bertz CT molecular complexity index is 751. The van der Waals surface area contributed by atoms with Gasteiger partial charge >= 0.3 is 0 Å². The van der Waals surface area contributed by atoms with Gasteiger partial charge in [-0.25, -0.2) is 4.98 Å². The summed E-state index contributed by atoms with van der Waals surface area (Å²) in [4.78, 5) is 31.0. The number of nitro groups is 1. The lowest BCUT2D eigenvalue weighted by molar-refractivity contribution is -0.384. The van der Waals surface area contributed by atoms with Gasteiger partial charge in [0.15, 0.2) is 0 Å². The lowest BCUT2D eigenvalue weighted by Crippen LogP contribution is -2.20. The lowest BCUT2D eigenvalue weighted by atomic mass is 10.1. The number of H-pyrrole nitrogens is 1. The molecule has 1 N–H and O–H groups in total. The molecule has 0 spiro atoms. The average Bonchev–Trinajstić information content (AvgIpc) is 3.28.